The van der Waals surface area contributed by atoms with E-state index in [1.807, 2.05) is 70.5 Å². The number of phenols is 1. The van der Waals surface area contributed by atoms with Crippen molar-refractivity contribution in [1.29, 1.82) is 0 Å². The van der Waals surface area contributed by atoms with E-state index in [0.29, 0.717) is 25.9 Å². The molecule has 268 valence electrons. The van der Waals surface area contributed by atoms with Crippen LogP contribution in [0.5, 0.6) is 11.5 Å². The van der Waals surface area contributed by atoms with Gasteiger partial charge in [-0.25, -0.2) is 0 Å². The largest absolute Gasteiger partial charge is 0.508 e. The third-order valence-electron chi connectivity index (χ3n) is 10.8. The minimum absolute atomic E-state index is 0.0440. The predicted molar refractivity (Wildman–Crippen MR) is 204 cm³/mol. The Labute approximate surface area is 303 Å². The molecular weight excluding hydrogens is 635 g/mol. The fourth-order valence-electron chi connectivity index (χ4n) is 7.62. The Morgan fingerprint density at radius 1 is 0.784 bits per heavy atom. The number of carbonyl (C=O) groups excluding carboxylic acids is 2. The number of benzene rings is 4. The Hall–Kier alpha value is -4.62. The zero-order valence-corrected chi connectivity index (χ0v) is 30.1. The molecule has 6 rings (SSSR count). The van der Waals surface area contributed by atoms with Crippen LogP contribution in [0.1, 0.15) is 72.0 Å². The molecule has 0 aromatic heterocycles. The summed E-state index contributed by atoms with van der Waals surface area (Å²) in [5.74, 6) is 2.77. The van der Waals surface area contributed by atoms with Crippen LogP contribution in [0.25, 0.3) is 11.1 Å². The van der Waals surface area contributed by atoms with Gasteiger partial charge in [-0.05, 0) is 127 Å². The molecular formula is C44H53N3O4. The summed E-state index contributed by atoms with van der Waals surface area (Å²) in [6.45, 7) is 5.02. The minimum Gasteiger partial charge on any atom is -0.508 e. The second kappa shape index (κ2) is 18.0. The number of hydrogen-bond acceptors (Lipinski definition) is 5. The molecule has 2 fully saturated rings. The van der Waals surface area contributed by atoms with Gasteiger partial charge >= 0.3 is 0 Å². The summed E-state index contributed by atoms with van der Waals surface area (Å²) in [5.41, 5.74) is 5.77. The first kappa shape index (κ1) is 36.2. The van der Waals surface area contributed by atoms with Gasteiger partial charge in [0.25, 0.3) is 5.91 Å². The highest BCUT2D eigenvalue weighted by atomic mass is 16.5. The molecule has 0 spiro atoms. The summed E-state index contributed by atoms with van der Waals surface area (Å²) in [7, 11) is 1.63. The zero-order valence-electron chi connectivity index (χ0n) is 30.1. The molecule has 0 radical (unpaired) electrons. The quantitative estimate of drug-likeness (QED) is 0.141. The van der Waals surface area contributed by atoms with E-state index in [1.165, 1.54) is 45.2 Å². The van der Waals surface area contributed by atoms with Crippen LogP contribution in [-0.2, 0) is 24.2 Å². The first-order valence-electron chi connectivity index (χ1n) is 18.8. The third kappa shape index (κ3) is 10.5. The molecule has 4 aromatic carbocycles. The lowest BCUT2D eigenvalue weighted by Gasteiger charge is -2.32. The summed E-state index contributed by atoms with van der Waals surface area (Å²) < 4.78 is 5.29. The van der Waals surface area contributed by atoms with Crippen LogP contribution in [0.3, 0.4) is 0 Å². The fourth-order valence-corrected chi connectivity index (χ4v) is 7.62. The van der Waals surface area contributed by atoms with Crippen molar-refractivity contribution in [3.8, 4) is 22.6 Å². The Morgan fingerprint density at radius 3 is 2.14 bits per heavy atom. The van der Waals surface area contributed by atoms with Gasteiger partial charge in [-0.2, -0.15) is 0 Å². The van der Waals surface area contributed by atoms with Gasteiger partial charge in [0.15, 0.2) is 0 Å². The Morgan fingerprint density at radius 2 is 1.43 bits per heavy atom. The number of likely N-dealkylation sites (tertiary alicyclic amines) is 1. The molecule has 2 heterocycles. The third-order valence-corrected chi connectivity index (χ3v) is 10.8. The molecule has 7 heteroatoms. The summed E-state index contributed by atoms with van der Waals surface area (Å²) in [6, 6.07) is 31.1. The molecule has 0 unspecified atom stereocenters. The van der Waals surface area contributed by atoms with Gasteiger partial charge in [0.2, 0.25) is 5.91 Å². The van der Waals surface area contributed by atoms with Crippen molar-refractivity contribution in [3.05, 3.63) is 119 Å². The summed E-state index contributed by atoms with van der Waals surface area (Å²) in [6.07, 6.45) is 9.76. The zero-order chi connectivity index (χ0) is 35.4. The van der Waals surface area contributed by atoms with Crippen LogP contribution in [0.4, 0.5) is 0 Å². The van der Waals surface area contributed by atoms with Crippen molar-refractivity contribution in [3.63, 3.8) is 0 Å². The number of hydrogen-bond donors (Lipinski definition) is 2. The molecule has 51 heavy (non-hydrogen) atoms. The number of piperidine rings is 2. The maximum Gasteiger partial charge on any atom is 0.253 e. The van der Waals surface area contributed by atoms with Crippen molar-refractivity contribution in [2.24, 2.45) is 11.8 Å². The number of carbonyl (C=O) groups is 2. The minimum atomic E-state index is 0.0440. The molecule has 2 saturated heterocycles. The molecule has 4 aromatic rings. The normalized spacial score (nSPS) is 15.4. The SMILES string of the molecule is COc1ccc(CC(=O)N(CCc2ccc(O)cc2)Cc2cccc(-c3cccc(C(=O)N4CCC(CCCC5CCNCC5)CC4)c3)c2)cc1. The summed E-state index contributed by atoms with van der Waals surface area (Å²) in [4.78, 5) is 31.3. The lowest BCUT2D eigenvalue weighted by atomic mass is 9.87. The van der Waals surface area contributed by atoms with Crippen LogP contribution < -0.4 is 10.1 Å². The van der Waals surface area contributed by atoms with E-state index in [4.69, 9.17) is 4.74 Å². The average Bonchev–Trinajstić information content (AvgIpc) is 3.18. The van der Waals surface area contributed by atoms with Crippen molar-refractivity contribution in [1.82, 2.24) is 15.1 Å². The lowest BCUT2D eigenvalue weighted by molar-refractivity contribution is -0.131. The van der Waals surface area contributed by atoms with Crippen molar-refractivity contribution in [2.45, 2.75) is 64.3 Å². The Balaban J connectivity index is 1.08. The number of phenolic OH excluding ortho intramolecular Hbond substituents is 1. The van der Waals surface area contributed by atoms with Gasteiger partial charge in [0.1, 0.15) is 11.5 Å². The molecule has 2 amide bonds. The van der Waals surface area contributed by atoms with E-state index >= 15 is 0 Å². The topological polar surface area (TPSA) is 82.1 Å². The van der Waals surface area contributed by atoms with E-state index in [2.05, 4.69) is 29.6 Å². The maximum atomic E-state index is 13.7. The molecule has 0 saturated carbocycles. The fraction of sp³-hybridized carbons (Fsp3) is 0.409. The first-order valence-corrected chi connectivity index (χ1v) is 18.8. The summed E-state index contributed by atoms with van der Waals surface area (Å²) in [5, 5.41) is 13.2. The van der Waals surface area contributed by atoms with E-state index in [0.717, 1.165) is 76.9 Å². The van der Waals surface area contributed by atoms with Gasteiger partial charge < -0.3 is 25.0 Å². The van der Waals surface area contributed by atoms with Crippen molar-refractivity contribution in [2.75, 3.05) is 39.8 Å². The van der Waals surface area contributed by atoms with E-state index in [-0.39, 0.29) is 17.6 Å². The van der Waals surface area contributed by atoms with E-state index in [1.54, 1.807) is 19.2 Å². The number of ether oxygens (including phenoxy) is 1. The second-order valence-corrected chi connectivity index (χ2v) is 14.4. The van der Waals surface area contributed by atoms with Crippen molar-refractivity contribution < 1.29 is 19.4 Å². The van der Waals surface area contributed by atoms with Crippen LogP contribution in [-0.4, -0.2) is 66.6 Å². The number of rotatable bonds is 14. The second-order valence-electron chi connectivity index (χ2n) is 14.4. The standard InChI is InChI=1S/C44H53N3O4/c1-51-42-17-13-36(14-18-42)30-43(49)47(28-23-35-11-15-41(48)16-12-35)32-37-7-3-8-38(29-37)39-9-4-10-40(31-39)44(50)46-26-21-34(22-27-46)6-2-5-33-19-24-45-25-20-33/h3-4,7-18,29,31,33-34,45,48H,2,5-6,19-28,30,32H2,1H3. The number of amides is 2. The van der Waals surface area contributed by atoms with Gasteiger partial charge in [0.05, 0.1) is 13.5 Å². The average molecular weight is 688 g/mol. The smallest absolute Gasteiger partial charge is 0.253 e. The van der Waals surface area contributed by atoms with Crippen LogP contribution in [0, 0.1) is 11.8 Å². The lowest BCUT2D eigenvalue weighted by Crippen LogP contribution is -2.38. The number of nitrogens with one attached hydrogen (secondary N) is 1. The Kier molecular flexibility index (Phi) is 12.8. The van der Waals surface area contributed by atoms with Gasteiger partial charge in [-0.1, -0.05) is 73.9 Å². The number of aromatic hydroxyl groups is 1. The highest BCUT2D eigenvalue weighted by molar-refractivity contribution is 5.95. The van der Waals surface area contributed by atoms with E-state index in [9.17, 15) is 14.7 Å². The van der Waals surface area contributed by atoms with Crippen LogP contribution in [0.15, 0.2) is 97.1 Å². The highest BCUT2D eigenvalue weighted by Crippen LogP contribution is 2.28. The Bertz CT molecular complexity index is 1710. The van der Waals surface area contributed by atoms with Gasteiger partial charge in [-0.15, -0.1) is 0 Å². The molecule has 2 aliphatic heterocycles. The molecule has 2 N–H and O–H groups in total. The number of methoxy groups -OCH3 is 1. The monoisotopic (exact) mass is 687 g/mol. The van der Waals surface area contributed by atoms with Crippen LogP contribution in [0.2, 0.25) is 0 Å². The molecule has 0 bridgehead atoms. The van der Waals surface area contributed by atoms with E-state index < -0.39 is 0 Å². The van der Waals surface area contributed by atoms with Crippen molar-refractivity contribution >= 4 is 11.8 Å². The highest BCUT2D eigenvalue weighted by Gasteiger charge is 2.24. The molecule has 2 aliphatic rings. The molecule has 0 atom stereocenters. The molecule has 0 aliphatic carbocycles. The number of nitrogens with zero attached hydrogens (tertiary/aromatic N) is 2. The molecule has 7 nitrogen and oxygen atoms in total. The predicted octanol–water partition coefficient (Wildman–Crippen LogP) is 7.90. The maximum absolute atomic E-state index is 13.7. The summed E-state index contributed by atoms with van der Waals surface area (Å²) >= 11 is 0. The van der Waals surface area contributed by atoms with Crippen LogP contribution >= 0.6 is 0 Å². The van der Waals surface area contributed by atoms with Gasteiger partial charge in [-0.3, -0.25) is 9.59 Å². The van der Waals surface area contributed by atoms with Gasteiger partial charge in [0, 0.05) is 31.7 Å². The first-order chi connectivity index (χ1) is 24.9.